The van der Waals surface area contributed by atoms with Crippen molar-refractivity contribution in [1.29, 1.82) is 0 Å². The Kier molecular flexibility index (Phi) is 7.51. The van der Waals surface area contributed by atoms with Gasteiger partial charge in [0.1, 0.15) is 24.1 Å². The van der Waals surface area contributed by atoms with Gasteiger partial charge in [-0.3, -0.25) is 19.2 Å². The molecule has 3 heterocycles. The number of nitrogens with zero attached hydrogens (tertiary/aromatic N) is 1. The molecule has 2 aromatic rings. The first-order valence-corrected chi connectivity index (χ1v) is 13.3. The van der Waals surface area contributed by atoms with Crippen molar-refractivity contribution in [3.05, 3.63) is 29.5 Å². The monoisotopic (exact) mass is 564 g/mol. The van der Waals surface area contributed by atoms with Crippen molar-refractivity contribution < 1.29 is 42.2 Å². The fourth-order valence-electron chi connectivity index (χ4n) is 6.45. The van der Waals surface area contributed by atoms with Gasteiger partial charge in [-0.2, -0.15) is 13.2 Å². The van der Waals surface area contributed by atoms with Gasteiger partial charge in [0.15, 0.2) is 5.78 Å². The number of aliphatic hydroxyl groups is 1. The number of aromatic amines is 1. The van der Waals surface area contributed by atoms with Crippen LogP contribution >= 0.6 is 0 Å². The molecule has 3 aliphatic rings. The molecule has 5 unspecified atom stereocenters. The largest absolute Gasteiger partial charge is 0.496 e. The first-order valence-electron chi connectivity index (χ1n) is 13.3. The number of carbonyl (C=O) groups is 4. The van der Waals surface area contributed by atoms with E-state index in [9.17, 15) is 37.5 Å². The predicted octanol–water partition coefficient (Wildman–Crippen LogP) is 2.01. The van der Waals surface area contributed by atoms with Gasteiger partial charge in [-0.15, -0.1) is 0 Å². The van der Waals surface area contributed by atoms with Gasteiger partial charge >= 0.3 is 6.18 Å². The number of aromatic nitrogens is 1. The molecular weight excluding hydrogens is 533 g/mol. The van der Waals surface area contributed by atoms with E-state index in [0.29, 0.717) is 24.8 Å². The number of nitrogens with one attached hydrogen (secondary N) is 3. The second kappa shape index (κ2) is 10.8. The molecule has 3 amide bonds. The molecule has 10 nitrogen and oxygen atoms in total. The van der Waals surface area contributed by atoms with Crippen LogP contribution in [-0.2, 0) is 20.6 Å². The highest BCUT2D eigenvalue weighted by Gasteiger charge is 2.50. The summed E-state index contributed by atoms with van der Waals surface area (Å²) in [5, 5.41) is 15.2. The van der Waals surface area contributed by atoms with Crippen LogP contribution in [0.5, 0.6) is 5.75 Å². The zero-order valence-corrected chi connectivity index (χ0v) is 21.8. The van der Waals surface area contributed by atoms with Crippen LogP contribution in [-0.4, -0.2) is 77.4 Å². The molecule has 0 radical (unpaired) electrons. The third kappa shape index (κ3) is 5.14. The average molecular weight is 565 g/mol. The summed E-state index contributed by atoms with van der Waals surface area (Å²) in [6.07, 6.45) is -1.68. The molecule has 0 bridgehead atoms. The van der Waals surface area contributed by atoms with Crippen LogP contribution in [0.25, 0.3) is 10.9 Å². The zero-order chi connectivity index (χ0) is 28.8. The number of aliphatic hydroxyl groups excluding tert-OH is 1. The topological polar surface area (TPSA) is 141 Å². The SMILES string of the molecule is COc1cc(C(F)(F)F)cc2[nH]c(C(=O)N3CC4CCCC4C3C(=O)NC(CC3CCNC3=O)C(=O)CO)cc12. The summed E-state index contributed by atoms with van der Waals surface area (Å²) in [7, 11) is 1.24. The molecule has 216 valence electrons. The second-order valence-corrected chi connectivity index (χ2v) is 10.8. The fourth-order valence-corrected chi connectivity index (χ4v) is 6.45. The van der Waals surface area contributed by atoms with Crippen molar-refractivity contribution in [2.75, 3.05) is 26.8 Å². The molecular formula is C27H31F3N4O6. The van der Waals surface area contributed by atoms with Crippen LogP contribution in [0.15, 0.2) is 18.2 Å². The lowest BCUT2D eigenvalue weighted by Gasteiger charge is -2.29. The quantitative estimate of drug-likeness (QED) is 0.387. The Balaban J connectivity index is 1.42. The van der Waals surface area contributed by atoms with Crippen LogP contribution in [0, 0.1) is 17.8 Å². The van der Waals surface area contributed by atoms with Crippen molar-refractivity contribution in [3.63, 3.8) is 0 Å². The molecule has 5 rings (SSSR count). The summed E-state index contributed by atoms with van der Waals surface area (Å²) in [6, 6.07) is 1.18. The van der Waals surface area contributed by atoms with Gasteiger partial charge in [-0.1, -0.05) is 6.42 Å². The third-order valence-corrected chi connectivity index (χ3v) is 8.44. The maximum Gasteiger partial charge on any atom is 0.416 e. The summed E-state index contributed by atoms with van der Waals surface area (Å²) >= 11 is 0. The summed E-state index contributed by atoms with van der Waals surface area (Å²) in [4.78, 5) is 56.2. The highest BCUT2D eigenvalue weighted by molar-refractivity contribution is 6.02. The first kappa shape index (κ1) is 27.9. The number of rotatable bonds is 8. The van der Waals surface area contributed by atoms with Gasteiger partial charge in [-0.05, 0) is 55.7 Å². The number of likely N-dealkylation sites (tertiary alicyclic amines) is 1. The van der Waals surface area contributed by atoms with Gasteiger partial charge in [0, 0.05) is 24.4 Å². The van der Waals surface area contributed by atoms with Gasteiger partial charge < -0.3 is 30.4 Å². The normalized spacial score (nSPS) is 25.1. The van der Waals surface area contributed by atoms with E-state index in [2.05, 4.69) is 15.6 Å². The van der Waals surface area contributed by atoms with E-state index in [1.165, 1.54) is 18.1 Å². The second-order valence-electron chi connectivity index (χ2n) is 10.8. The molecule has 40 heavy (non-hydrogen) atoms. The Morgan fingerprint density at radius 2 is 1.98 bits per heavy atom. The molecule has 13 heteroatoms. The molecule has 0 spiro atoms. The summed E-state index contributed by atoms with van der Waals surface area (Å²) in [5.74, 6) is -2.58. The number of carbonyl (C=O) groups excluding carboxylic acids is 4. The first-order chi connectivity index (χ1) is 19.0. The van der Waals surface area contributed by atoms with Crippen LogP contribution in [0.3, 0.4) is 0 Å². The molecule has 2 saturated heterocycles. The van der Waals surface area contributed by atoms with Gasteiger partial charge in [0.2, 0.25) is 11.8 Å². The number of methoxy groups -OCH3 is 1. The minimum absolute atomic E-state index is 0.0102. The van der Waals surface area contributed by atoms with Crippen LogP contribution in [0.1, 0.15) is 48.2 Å². The van der Waals surface area contributed by atoms with Crippen molar-refractivity contribution >= 4 is 34.4 Å². The number of fused-ring (bicyclic) bond motifs is 2. The maximum atomic E-state index is 13.7. The maximum absolute atomic E-state index is 13.7. The lowest BCUT2D eigenvalue weighted by atomic mass is 9.92. The number of amides is 3. The number of hydrogen-bond donors (Lipinski definition) is 4. The van der Waals surface area contributed by atoms with Crippen LogP contribution < -0.4 is 15.4 Å². The fraction of sp³-hybridized carbons (Fsp3) is 0.556. The zero-order valence-electron chi connectivity index (χ0n) is 21.8. The number of H-pyrrole nitrogens is 1. The Bertz CT molecular complexity index is 1340. The van der Waals surface area contributed by atoms with Gasteiger partial charge in [0.05, 0.1) is 24.2 Å². The number of hydrogen-bond acceptors (Lipinski definition) is 6. The van der Waals surface area contributed by atoms with Gasteiger partial charge in [-0.25, -0.2) is 0 Å². The number of benzene rings is 1. The van der Waals surface area contributed by atoms with E-state index >= 15 is 0 Å². The molecule has 1 aromatic carbocycles. The lowest BCUT2D eigenvalue weighted by Crippen LogP contribution is -2.53. The van der Waals surface area contributed by atoms with E-state index in [1.54, 1.807) is 0 Å². The van der Waals surface area contributed by atoms with Crippen molar-refractivity contribution in [2.45, 2.75) is 50.4 Å². The number of alkyl halides is 3. The summed E-state index contributed by atoms with van der Waals surface area (Å²) in [5.41, 5.74) is -0.851. The predicted molar refractivity (Wildman–Crippen MR) is 135 cm³/mol. The van der Waals surface area contributed by atoms with E-state index < -0.39 is 53.9 Å². The molecule has 1 aromatic heterocycles. The third-order valence-electron chi connectivity index (χ3n) is 8.44. The Labute approximate surface area is 227 Å². The summed E-state index contributed by atoms with van der Waals surface area (Å²) in [6.45, 7) is -0.0626. The number of ether oxygens (including phenoxy) is 1. The Morgan fingerprint density at radius 3 is 2.62 bits per heavy atom. The minimum Gasteiger partial charge on any atom is -0.496 e. The number of halogens is 3. The smallest absolute Gasteiger partial charge is 0.416 e. The highest BCUT2D eigenvalue weighted by Crippen LogP contribution is 2.43. The van der Waals surface area contributed by atoms with Crippen LogP contribution in [0.4, 0.5) is 13.2 Å². The minimum atomic E-state index is -4.62. The standard InChI is InChI=1S/C27H31F3N4O6/c1-40-22-9-15(27(28,29)30)8-18-17(22)10-20(32-18)26(39)34-11-14-3-2-4-16(14)23(34)25(38)33-19(21(36)12-35)7-13-5-6-31-24(13)37/h8-10,13-14,16,19,23,32,35H,2-7,11-12H2,1H3,(H,31,37)(H,33,38). The summed E-state index contributed by atoms with van der Waals surface area (Å²) < 4.78 is 45.4. The Morgan fingerprint density at radius 1 is 1.20 bits per heavy atom. The number of ketones is 1. The van der Waals surface area contributed by atoms with Crippen molar-refractivity contribution in [1.82, 2.24) is 20.5 Å². The van der Waals surface area contributed by atoms with E-state index in [4.69, 9.17) is 4.74 Å². The van der Waals surface area contributed by atoms with E-state index in [-0.39, 0.29) is 47.7 Å². The number of Topliss-reactive ketones (excluding diaryl/α,β-unsaturated/α-hetero) is 1. The molecule has 4 N–H and O–H groups in total. The lowest BCUT2D eigenvalue weighted by molar-refractivity contribution is -0.137. The molecule has 3 fully saturated rings. The molecule has 2 aliphatic heterocycles. The van der Waals surface area contributed by atoms with E-state index in [1.807, 2.05) is 0 Å². The highest BCUT2D eigenvalue weighted by atomic mass is 19.4. The van der Waals surface area contributed by atoms with E-state index in [0.717, 1.165) is 25.0 Å². The van der Waals surface area contributed by atoms with Crippen molar-refractivity contribution in [2.24, 2.45) is 17.8 Å². The molecule has 1 aliphatic carbocycles. The van der Waals surface area contributed by atoms with Gasteiger partial charge in [0.25, 0.3) is 5.91 Å². The molecule has 5 atom stereocenters. The molecule has 1 saturated carbocycles. The average Bonchev–Trinajstić information content (AvgIpc) is 3.70. The Hall–Kier alpha value is -3.61. The van der Waals surface area contributed by atoms with Crippen LogP contribution in [0.2, 0.25) is 0 Å². The van der Waals surface area contributed by atoms with Crippen molar-refractivity contribution in [3.8, 4) is 5.75 Å².